The molecule has 0 fully saturated rings. The Hall–Kier alpha value is -2.53. The summed E-state index contributed by atoms with van der Waals surface area (Å²) in [5.74, 6) is 0.787. The van der Waals surface area contributed by atoms with E-state index in [2.05, 4.69) is 10.6 Å². The molecule has 22 heavy (non-hydrogen) atoms. The fourth-order valence-corrected chi connectivity index (χ4v) is 1.83. The van der Waals surface area contributed by atoms with Crippen LogP contribution in [-0.2, 0) is 11.3 Å². The molecule has 5 nitrogen and oxygen atoms in total. The summed E-state index contributed by atoms with van der Waals surface area (Å²) in [7, 11) is 1.64. The minimum absolute atomic E-state index is 0.230. The van der Waals surface area contributed by atoms with Crippen molar-refractivity contribution >= 4 is 11.7 Å². The second-order valence-electron chi connectivity index (χ2n) is 4.66. The fraction of sp³-hybridized carbons (Fsp3) is 0.235. The second-order valence-corrected chi connectivity index (χ2v) is 4.66. The number of methoxy groups -OCH3 is 1. The van der Waals surface area contributed by atoms with E-state index in [-0.39, 0.29) is 6.03 Å². The third kappa shape index (κ3) is 5.46. The van der Waals surface area contributed by atoms with Crippen LogP contribution in [0, 0.1) is 0 Å². The number of carbonyl (C=O) groups is 1. The lowest BCUT2D eigenvalue weighted by Crippen LogP contribution is -2.28. The summed E-state index contributed by atoms with van der Waals surface area (Å²) >= 11 is 0. The highest BCUT2D eigenvalue weighted by Crippen LogP contribution is 2.12. The quantitative estimate of drug-likeness (QED) is 0.773. The zero-order valence-electron chi connectivity index (χ0n) is 12.5. The first-order valence-electron chi connectivity index (χ1n) is 7.08. The van der Waals surface area contributed by atoms with Crippen LogP contribution in [0.5, 0.6) is 5.75 Å². The number of benzene rings is 2. The van der Waals surface area contributed by atoms with Gasteiger partial charge in [0.1, 0.15) is 12.4 Å². The van der Waals surface area contributed by atoms with Gasteiger partial charge in [-0.25, -0.2) is 4.79 Å². The molecule has 0 spiro atoms. The highest BCUT2D eigenvalue weighted by atomic mass is 16.5. The van der Waals surface area contributed by atoms with Crippen molar-refractivity contribution in [1.82, 2.24) is 5.32 Å². The van der Waals surface area contributed by atoms with E-state index in [9.17, 15) is 4.79 Å². The molecule has 0 atom stereocenters. The number of amides is 2. The number of ether oxygens (including phenoxy) is 2. The second kappa shape index (κ2) is 8.69. The number of hydrogen-bond donors (Lipinski definition) is 2. The normalized spacial score (nSPS) is 10.0. The molecule has 5 heteroatoms. The van der Waals surface area contributed by atoms with Crippen LogP contribution >= 0.6 is 0 Å². The Morgan fingerprint density at radius 2 is 1.73 bits per heavy atom. The summed E-state index contributed by atoms with van der Waals surface area (Å²) in [6.07, 6.45) is 0. The van der Waals surface area contributed by atoms with Gasteiger partial charge in [-0.15, -0.1) is 0 Å². The first-order chi connectivity index (χ1) is 10.8. The summed E-state index contributed by atoms with van der Waals surface area (Å²) < 4.78 is 10.4. The van der Waals surface area contributed by atoms with Gasteiger partial charge in [0.25, 0.3) is 0 Å². The van der Waals surface area contributed by atoms with Crippen LogP contribution in [0.4, 0.5) is 10.5 Å². The Bertz CT molecular complexity index is 570. The standard InChI is InChI=1S/C17H20N2O3/c1-21-11-12-22-16-9-7-14(8-10-16)13-18-17(20)19-15-5-3-2-4-6-15/h2-10H,11-13H2,1H3,(H2,18,19,20). The Morgan fingerprint density at radius 1 is 1.00 bits per heavy atom. The van der Waals surface area contributed by atoms with Crippen molar-refractivity contribution in [3.8, 4) is 5.75 Å². The number of para-hydroxylation sites is 1. The molecule has 2 N–H and O–H groups in total. The van der Waals surface area contributed by atoms with Gasteiger partial charge in [0.2, 0.25) is 0 Å². The highest BCUT2D eigenvalue weighted by molar-refractivity contribution is 5.89. The Balaban J connectivity index is 1.75. The van der Waals surface area contributed by atoms with Crippen molar-refractivity contribution in [1.29, 1.82) is 0 Å². The molecular weight excluding hydrogens is 280 g/mol. The van der Waals surface area contributed by atoms with Gasteiger partial charge in [-0.2, -0.15) is 0 Å². The maximum atomic E-state index is 11.8. The zero-order chi connectivity index (χ0) is 15.6. The van der Waals surface area contributed by atoms with Crippen LogP contribution in [-0.4, -0.2) is 26.4 Å². The molecule has 116 valence electrons. The van der Waals surface area contributed by atoms with Gasteiger partial charge in [0.05, 0.1) is 6.61 Å². The molecule has 0 unspecified atom stereocenters. The molecule has 0 aliphatic heterocycles. The molecule has 0 aliphatic rings. The number of rotatable bonds is 7. The Labute approximate surface area is 130 Å². The van der Waals surface area contributed by atoms with Gasteiger partial charge in [-0.1, -0.05) is 30.3 Å². The van der Waals surface area contributed by atoms with Gasteiger partial charge < -0.3 is 20.1 Å². The van der Waals surface area contributed by atoms with Gasteiger partial charge in [0, 0.05) is 19.3 Å². The molecule has 0 saturated carbocycles. The first kappa shape index (κ1) is 15.9. The molecule has 2 rings (SSSR count). The average molecular weight is 300 g/mol. The van der Waals surface area contributed by atoms with Gasteiger partial charge in [0.15, 0.2) is 0 Å². The van der Waals surface area contributed by atoms with Gasteiger partial charge in [-0.05, 0) is 29.8 Å². The van der Waals surface area contributed by atoms with Crippen LogP contribution in [0.3, 0.4) is 0 Å². The molecule has 0 bridgehead atoms. The van der Waals surface area contributed by atoms with E-state index in [1.54, 1.807) is 7.11 Å². The van der Waals surface area contributed by atoms with Gasteiger partial charge in [-0.3, -0.25) is 0 Å². The number of hydrogen-bond acceptors (Lipinski definition) is 3. The minimum atomic E-state index is -0.230. The molecule has 0 radical (unpaired) electrons. The maximum Gasteiger partial charge on any atom is 0.319 e. The van der Waals surface area contributed by atoms with Crippen LogP contribution in [0.15, 0.2) is 54.6 Å². The van der Waals surface area contributed by atoms with Crippen LogP contribution in [0.1, 0.15) is 5.56 Å². The highest BCUT2D eigenvalue weighted by Gasteiger charge is 2.01. The van der Waals surface area contributed by atoms with E-state index in [4.69, 9.17) is 9.47 Å². The molecule has 0 heterocycles. The van der Waals surface area contributed by atoms with Crippen molar-refractivity contribution < 1.29 is 14.3 Å². The number of nitrogens with one attached hydrogen (secondary N) is 2. The summed E-state index contributed by atoms with van der Waals surface area (Å²) in [6.45, 7) is 1.54. The number of anilines is 1. The van der Waals surface area contributed by atoms with E-state index in [1.165, 1.54) is 0 Å². The number of urea groups is 1. The monoisotopic (exact) mass is 300 g/mol. The molecule has 0 saturated heterocycles. The largest absolute Gasteiger partial charge is 0.491 e. The van der Waals surface area contributed by atoms with Crippen molar-refractivity contribution in [2.24, 2.45) is 0 Å². The molecule has 2 amide bonds. The third-order valence-electron chi connectivity index (χ3n) is 2.96. The van der Waals surface area contributed by atoms with Crippen molar-refractivity contribution in [2.75, 3.05) is 25.6 Å². The van der Waals surface area contributed by atoms with E-state index in [0.29, 0.717) is 19.8 Å². The number of carbonyl (C=O) groups excluding carboxylic acids is 1. The SMILES string of the molecule is COCCOc1ccc(CNC(=O)Nc2ccccc2)cc1. The Morgan fingerprint density at radius 3 is 2.41 bits per heavy atom. The lowest BCUT2D eigenvalue weighted by Gasteiger charge is -2.09. The maximum absolute atomic E-state index is 11.8. The predicted molar refractivity (Wildman–Crippen MR) is 86.1 cm³/mol. The lowest BCUT2D eigenvalue weighted by atomic mass is 10.2. The molecule has 2 aromatic rings. The average Bonchev–Trinajstić information content (AvgIpc) is 2.55. The van der Waals surface area contributed by atoms with E-state index < -0.39 is 0 Å². The van der Waals surface area contributed by atoms with E-state index >= 15 is 0 Å². The zero-order valence-corrected chi connectivity index (χ0v) is 12.5. The summed E-state index contributed by atoms with van der Waals surface area (Å²) in [5, 5.41) is 5.58. The van der Waals surface area contributed by atoms with Crippen LogP contribution < -0.4 is 15.4 Å². The summed E-state index contributed by atoms with van der Waals surface area (Å²) in [4.78, 5) is 11.8. The van der Waals surface area contributed by atoms with Crippen molar-refractivity contribution in [3.05, 3.63) is 60.2 Å². The molecule has 2 aromatic carbocycles. The van der Waals surface area contributed by atoms with Crippen LogP contribution in [0.2, 0.25) is 0 Å². The van der Waals surface area contributed by atoms with E-state index in [0.717, 1.165) is 17.0 Å². The molecular formula is C17H20N2O3. The third-order valence-corrected chi connectivity index (χ3v) is 2.96. The topological polar surface area (TPSA) is 59.6 Å². The first-order valence-corrected chi connectivity index (χ1v) is 7.08. The van der Waals surface area contributed by atoms with Gasteiger partial charge >= 0.3 is 6.03 Å². The Kier molecular flexibility index (Phi) is 6.26. The molecule has 0 aliphatic carbocycles. The lowest BCUT2D eigenvalue weighted by molar-refractivity contribution is 0.146. The van der Waals surface area contributed by atoms with Crippen LogP contribution in [0.25, 0.3) is 0 Å². The van der Waals surface area contributed by atoms with Crippen molar-refractivity contribution in [3.63, 3.8) is 0 Å². The summed E-state index contributed by atoms with van der Waals surface area (Å²) in [6, 6.07) is 16.7. The minimum Gasteiger partial charge on any atom is -0.491 e. The smallest absolute Gasteiger partial charge is 0.319 e. The fourth-order valence-electron chi connectivity index (χ4n) is 1.83. The molecule has 0 aromatic heterocycles. The predicted octanol–water partition coefficient (Wildman–Crippen LogP) is 3.03. The van der Waals surface area contributed by atoms with E-state index in [1.807, 2.05) is 54.6 Å². The summed E-state index contributed by atoms with van der Waals surface area (Å²) in [5.41, 5.74) is 1.77. The van der Waals surface area contributed by atoms with Crippen molar-refractivity contribution in [2.45, 2.75) is 6.54 Å².